The third-order valence-corrected chi connectivity index (χ3v) is 3.64. The van der Waals surface area contributed by atoms with Crippen LogP contribution < -0.4 is 5.73 Å². The largest absolute Gasteiger partial charge is 0.398 e. The van der Waals surface area contributed by atoms with Crippen LogP contribution in [0.5, 0.6) is 0 Å². The summed E-state index contributed by atoms with van der Waals surface area (Å²) in [6.45, 7) is 9.18. The van der Waals surface area contributed by atoms with E-state index in [4.69, 9.17) is 10.5 Å². The number of benzene rings is 1. The Morgan fingerprint density at radius 3 is 2.83 bits per heavy atom. The number of halogens is 1. The number of rotatable bonds is 2. The van der Waals surface area contributed by atoms with Crippen LogP contribution in [-0.4, -0.2) is 29.7 Å². The molecule has 18 heavy (non-hydrogen) atoms. The first-order valence-corrected chi connectivity index (χ1v) is 7.09. The van der Waals surface area contributed by atoms with Crippen LogP contribution in [-0.2, 0) is 11.3 Å². The summed E-state index contributed by atoms with van der Waals surface area (Å²) in [5.41, 5.74) is 8.00. The second kappa shape index (κ2) is 5.19. The van der Waals surface area contributed by atoms with Gasteiger partial charge in [0.15, 0.2) is 0 Å². The van der Waals surface area contributed by atoms with Crippen molar-refractivity contribution in [3.63, 3.8) is 0 Å². The lowest BCUT2D eigenvalue weighted by Crippen LogP contribution is -2.51. The third-order valence-electron chi connectivity index (χ3n) is 3.14. The number of hydrogen-bond acceptors (Lipinski definition) is 3. The average Bonchev–Trinajstić information content (AvgIpc) is 2.19. The van der Waals surface area contributed by atoms with Crippen molar-refractivity contribution in [1.29, 1.82) is 0 Å². The maximum Gasteiger partial charge on any atom is 0.0757 e. The van der Waals surface area contributed by atoms with Gasteiger partial charge in [-0.15, -0.1) is 0 Å². The van der Waals surface area contributed by atoms with Crippen molar-refractivity contribution in [3.05, 3.63) is 28.2 Å². The summed E-state index contributed by atoms with van der Waals surface area (Å²) < 4.78 is 6.94. The highest BCUT2D eigenvalue weighted by Crippen LogP contribution is 2.25. The molecule has 0 spiro atoms. The molecule has 4 heteroatoms. The fourth-order valence-corrected chi connectivity index (χ4v) is 3.04. The van der Waals surface area contributed by atoms with Crippen molar-refractivity contribution >= 4 is 21.6 Å². The Morgan fingerprint density at radius 1 is 1.50 bits per heavy atom. The molecule has 0 aliphatic carbocycles. The van der Waals surface area contributed by atoms with Crippen molar-refractivity contribution < 1.29 is 4.74 Å². The molecule has 1 atom stereocenters. The van der Waals surface area contributed by atoms with Crippen molar-refractivity contribution in [2.75, 3.05) is 18.8 Å². The van der Waals surface area contributed by atoms with Gasteiger partial charge in [0.05, 0.1) is 11.7 Å². The highest BCUT2D eigenvalue weighted by molar-refractivity contribution is 9.10. The van der Waals surface area contributed by atoms with Gasteiger partial charge in [-0.2, -0.15) is 0 Å². The molecule has 1 aliphatic heterocycles. The Labute approximate surface area is 117 Å². The average molecular weight is 313 g/mol. The number of nitrogen functional groups attached to an aromatic ring is 1. The van der Waals surface area contributed by atoms with E-state index in [1.165, 1.54) is 5.56 Å². The van der Waals surface area contributed by atoms with Crippen LogP contribution in [0.4, 0.5) is 5.69 Å². The van der Waals surface area contributed by atoms with E-state index in [2.05, 4.69) is 47.7 Å². The molecule has 2 rings (SSSR count). The van der Waals surface area contributed by atoms with Gasteiger partial charge in [-0.05, 0) is 38.5 Å². The minimum Gasteiger partial charge on any atom is -0.398 e. The molecule has 100 valence electrons. The number of anilines is 1. The molecule has 1 saturated heterocycles. The molecule has 1 aromatic carbocycles. The Balaban J connectivity index is 2.09. The molecule has 0 saturated carbocycles. The minimum atomic E-state index is -0.0816. The van der Waals surface area contributed by atoms with Crippen LogP contribution in [0.2, 0.25) is 0 Å². The molecule has 0 radical (unpaired) electrons. The standard InChI is InChI=1S/C14H21BrN2O/c1-10-7-17(9-14(2,3)18-10)8-11-4-5-12(15)6-13(11)16/h4-6,10H,7-9,16H2,1-3H3. The van der Waals surface area contributed by atoms with Gasteiger partial charge in [-0.25, -0.2) is 0 Å². The zero-order chi connectivity index (χ0) is 13.3. The van der Waals surface area contributed by atoms with Gasteiger partial charge in [0, 0.05) is 29.8 Å². The van der Waals surface area contributed by atoms with Crippen LogP contribution in [0.3, 0.4) is 0 Å². The molecule has 1 unspecified atom stereocenters. The van der Waals surface area contributed by atoms with E-state index in [0.717, 1.165) is 29.8 Å². The molecular weight excluding hydrogens is 292 g/mol. The predicted octanol–water partition coefficient (Wildman–Crippen LogP) is 3.03. The van der Waals surface area contributed by atoms with Gasteiger partial charge >= 0.3 is 0 Å². The first kappa shape index (κ1) is 13.8. The SMILES string of the molecule is CC1CN(Cc2ccc(Br)cc2N)CC(C)(C)O1. The molecule has 3 nitrogen and oxygen atoms in total. The van der Waals surface area contributed by atoms with Crippen molar-refractivity contribution in [2.24, 2.45) is 0 Å². The maximum atomic E-state index is 6.05. The quantitative estimate of drug-likeness (QED) is 0.853. The highest BCUT2D eigenvalue weighted by atomic mass is 79.9. The fourth-order valence-electron chi connectivity index (χ4n) is 2.66. The lowest BCUT2D eigenvalue weighted by atomic mass is 10.0. The number of hydrogen-bond donors (Lipinski definition) is 1. The Bertz CT molecular complexity index is 434. The normalized spacial score (nSPS) is 24.1. The summed E-state index contributed by atoms with van der Waals surface area (Å²) in [6, 6.07) is 6.09. The number of morpholine rings is 1. The Hall–Kier alpha value is -0.580. The first-order valence-electron chi connectivity index (χ1n) is 6.30. The fraction of sp³-hybridized carbons (Fsp3) is 0.571. The zero-order valence-electron chi connectivity index (χ0n) is 11.2. The number of ether oxygens (including phenoxy) is 1. The van der Waals surface area contributed by atoms with E-state index in [9.17, 15) is 0 Å². The Morgan fingerprint density at radius 2 is 2.22 bits per heavy atom. The molecule has 1 aromatic rings. The molecule has 0 aromatic heterocycles. The van der Waals surface area contributed by atoms with Gasteiger partial charge in [-0.1, -0.05) is 22.0 Å². The molecule has 2 N–H and O–H groups in total. The van der Waals surface area contributed by atoms with Crippen LogP contribution in [0.25, 0.3) is 0 Å². The Kier molecular flexibility index (Phi) is 3.99. The van der Waals surface area contributed by atoms with Crippen LogP contribution >= 0.6 is 15.9 Å². The van der Waals surface area contributed by atoms with Gasteiger partial charge in [0.2, 0.25) is 0 Å². The second-order valence-corrected chi connectivity index (χ2v) is 6.62. The van der Waals surface area contributed by atoms with Crippen LogP contribution in [0.15, 0.2) is 22.7 Å². The van der Waals surface area contributed by atoms with Crippen LogP contribution in [0.1, 0.15) is 26.3 Å². The summed E-state index contributed by atoms with van der Waals surface area (Å²) in [5, 5.41) is 0. The van der Waals surface area contributed by atoms with E-state index in [-0.39, 0.29) is 11.7 Å². The molecule has 0 bridgehead atoms. The van der Waals surface area contributed by atoms with Crippen molar-refractivity contribution in [1.82, 2.24) is 4.90 Å². The van der Waals surface area contributed by atoms with Gasteiger partial charge in [0.1, 0.15) is 0 Å². The van der Waals surface area contributed by atoms with Crippen LogP contribution in [0, 0.1) is 0 Å². The maximum absolute atomic E-state index is 6.05. The molecule has 0 amide bonds. The third kappa shape index (κ3) is 3.46. The van der Waals surface area contributed by atoms with Crippen molar-refractivity contribution in [3.8, 4) is 0 Å². The first-order chi connectivity index (χ1) is 8.35. The van der Waals surface area contributed by atoms with Gasteiger partial charge in [-0.3, -0.25) is 4.90 Å². The topological polar surface area (TPSA) is 38.5 Å². The van der Waals surface area contributed by atoms with E-state index in [1.54, 1.807) is 0 Å². The lowest BCUT2D eigenvalue weighted by molar-refractivity contribution is -0.130. The van der Waals surface area contributed by atoms with Gasteiger partial charge < -0.3 is 10.5 Å². The predicted molar refractivity (Wildman–Crippen MR) is 78.5 cm³/mol. The minimum absolute atomic E-state index is 0.0816. The van der Waals surface area contributed by atoms with E-state index < -0.39 is 0 Å². The molecule has 1 aliphatic rings. The van der Waals surface area contributed by atoms with E-state index in [1.807, 2.05) is 12.1 Å². The molecule has 1 fully saturated rings. The monoisotopic (exact) mass is 312 g/mol. The molecule has 1 heterocycles. The summed E-state index contributed by atoms with van der Waals surface area (Å²) in [6.07, 6.45) is 0.269. The highest BCUT2D eigenvalue weighted by Gasteiger charge is 2.31. The van der Waals surface area contributed by atoms with Gasteiger partial charge in [0.25, 0.3) is 0 Å². The smallest absolute Gasteiger partial charge is 0.0757 e. The van der Waals surface area contributed by atoms with E-state index in [0.29, 0.717) is 0 Å². The summed E-state index contributed by atoms with van der Waals surface area (Å²) in [4.78, 5) is 2.41. The summed E-state index contributed by atoms with van der Waals surface area (Å²) >= 11 is 3.44. The second-order valence-electron chi connectivity index (χ2n) is 5.70. The number of nitrogens with zero attached hydrogens (tertiary/aromatic N) is 1. The number of nitrogens with two attached hydrogens (primary N) is 1. The summed E-state index contributed by atoms with van der Waals surface area (Å²) in [5.74, 6) is 0. The zero-order valence-corrected chi connectivity index (χ0v) is 12.8. The molecular formula is C14H21BrN2O. The van der Waals surface area contributed by atoms with Crippen molar-refractivity contribution in [2.45, 2.75) is 39.0 Å². The lowest BCUT2D eigenvalue weighted by Gasteiger charge is -2.41. The van der Waals surface area contributed by atoms with E-state index >= 15 is 0 Å². The summed E-state index contributed by atoms with van der Waals surface area (Å²) in [7, 11) is 0.